The largest absolute Gasteiger partial charge is 0.469 e. The van der Waals surface area contributed by atoms with Gasteiger partial charge in [-0.2, -0.15) is 0 Å². The van der Waals surface area contributed by atoms with Gasteiger partial charge in [0.2, 0.25) is 0 Å². The minimum Gasteiger partial charge on any atom is -0.469 e. The zero-order valence-electron chi connectivity index (χ0n) is 13.1. The molecule has 1 aromatic rings. The molecule has 1 rings (SSSR count). The summed E-state index contributed by atoms with van der Waals surface area (Å²) in [5, 5.41) is 6.95. The smallest absolute Gasteiger partial charge is 0.310 e. The van der Waals surface area contributed by atoms with E-state index in [0.717, 1.165) is 12.1 Å². The SMILES string of the molecule is CCNC(=NCc1cccc(Cl)c1)NCC(C)C(=O)OC.I. The lowest BCUT2D eigenvalue weighted by molar-refractivity contribution is -0.144. The lowest BCUT2D eigenvalue weighted by Gasteiger charge is -2.14. The molecular formula is C15H23ClIN3O2. The molecule has 2 N–H and O–H groups in total. The Kier molecular flexibility index (Phi) is 11.0. The Morgan fingerprint density at radius 3 is 2.73 bits per heavy atom. The molecule has 5 nitrogen and oxygen atoms in total. The van der Waals surface area contributed by atoms with Gasteiger partial charge in [-0.1, -0.05) is 30.7 Å². The Hall–Kier alpha value is -1.02. The Morgan fingerprint density at radius 2 is 2.14 bits per heavy atom. The number of guanidine groups is 1. The molecule has 0 heterocycles. The first-order valence-electron chi connectivity index (χ1n) is 6.91. The van der Waals surface area contributed by atoms with Crippen LogP contribution in [0, 0.1) is 5.92 Å². The lowest BCUT2D eigenvalue weighted by Crippen LogP contribution is -2.40. The molecule has 0 bridgehead atoms. The number of methoxy groups -OCH3 is 1. The van der Waals surface area contributed by atoms with Gasteiger partial charge in [-0.15, -0.1) is 24.0 Å². The summed E-state index contributed by atoms with van der Waals surface area (Å²) in [4.78, 5) is 15.8. The highest BCUT2D eigenvalue weighted by Crippen LogP contribution is 2.11. The number of esters is 1. The number of halogens is 2. The normalized spacial score (nSPS) is 12.1. The van der Waals surface area contributed by atoms with Crippen molar-refractivity contribution in [2.75, 3.05) is 20.2 Å². The molecule has 1 atom stereocenters. The summed E-state index contributed by atoms with van der Waals surface area (Å²) in [6.07, 6.45) is 0. The Morgan fingerprint density at radius 1 is 1.41 bits per heavy atom. The fourth-order valence-electron chi connectivity index (χ4n) is 1.68. The van der Waals surface area contributed by atoms with E-state index < -0.39 is 0 Å². The number of ether oxygens (including phenoxy) is 1. The maximum Gasteiger partial charge on any atom is 0.310 e. The van der Waals surface area contributed by atoms with Crippen LogP contribution in [0.5, 0.6) is 0 Å². The second kappa shape index (κ2) is 11.5. The van der Waals surface area contributed by atoms with Crippen LogP contribution >= 0.6 is 35.6 Å². The van der Waals surface area contributed by atoms with Crippen LogP contribution in [0.25, 0.3) is 0 Å². The standard InChI is InChI=1S/C15H22ClN3O2.HI/c1-4-17-15(18-9-11(2)14(20)21-3)19-10-12-6-5-7-13(16)8-12;/h5-8,11H,4,9-10H2,1-3H3,(H2,17,18,19);1H. The first-order chi connectivity index (χ1) is 10.1. The van der Waals surface area contributed by atoms with Gasteiger partial charge in [-0.3, -0.25) is 4.79 Å². The number of aliphatic imine (C=N–C) groups is 1. The number of benzene rings is 1. The first kappa shape index (κ1) is 21.0. The van der Waals surface area contributed by atoms with Crippen molar-refractivity contribution in [2.24, 2.45) is 10.9 Å². The molecule has 0 aromatic heterocycles. The average molecular weight is 440 g/mol. The maximum atomic E-state index is 11.4. The Bertz CT molecular complexity index is 497. The summed E-state index contributed by atoms with van der Waals surface area (Å²) < 4.78 is 4.69. The molecule has 0 aliphatic rings. The van der Waals surface area contributed by atoms with E-state index in [0.29, 0.717) is 24.1 Å². The van der Waals surface area contributed by atoms with Crippen LogP contribution < -0.4 is 10.6 Å². The van der Waals surface area contributed by atoms with Crippen LogP contribution in [-0.2, 0) is 16.1 Å². The predicted octanol–water partition coefficient (Wildman–Crippen LogP) is 2.82. The van der Waals surface area contributed by atoms with Crippen molar-refractivity contribution < 1.29 is 9.53 Å². The van der Waals surface area contributed by atoms with E-state index in [1.165, 1.54) is 7.11 Å². The molecule has 0 saturated heterocycles. The van der Waals surface area contributed by atoms with Crippen LogP contribution in [0.1, 0.15) is 19.4 Å². The van der Waals surface area contributed by atoms with Crippen molar-refractivity contribution in [3.63, 3.8) is 0 Å². The van der Waals surface area contributed by atoms with Gasteiger partial charge >= 0.3 is 5.97 Å². The fourth-order valence-corrected chi connectivity index (χ4v) is 1.89. The number of carbonyl (C=O) groups is 1. The van der Waals surface area contributed by atoms with Gasteiger partial charge in [-0.05, 0) is 24.6 Å². The highest BCUT2D eigenvalue weighted by atomic mass is 127. The summed E-state index contributed by atoms with van der Waals surface area (Å²) in [5.41, 5.74) is 1.03. The van der Waals surface area contributed by atoms with Crippen LogP contribution in [0.4, 0.5) is 0 Å². The molecule has 0 radical (unpaired) electrons. The van der Waals surface area contributed by atoms with Gasteiger partial charge in [0, 0.05) is 18.1 Å². The molecular weight excluding hydrogens is 417 g/mol. The Balaban J connectivity index is 0.00000441. The lowest BCUT2D eigenvalue weighted by atomic mass is 10.2. The number of hydrogen-bond acceptors (Lipinski definition) is 3. The van der Waals surface area contributed by atoms with Gasteiger partial charge < -0.3 is 15.4 Å². The van der Waals surface area contributed by atoms with Crippen molar-refractivity contribution in [2.45, 2.75) is 20.4 Å². The second-order valence-corrected chi connectivity index (χ2v) is 5.07. The number of rotatable bonds is 6. The van der Waals surface area contributed by atoms with Gasteiger partial charge in [0.15, 0.2) is 5.96 Å². The molecule has 0 saturated carbocycles. The highest BCUT2D eigenvalue weighted by molar-refractivity contribution is 14.0. The van der Waals surface area contributed by atoms with Crippen LogP contribution in [-0.4, -0.2) is 32.1 Å². The molecule has 0 amide bonds. The molecule has 0 aliphatic carbocycles. The van der Waals surface area contributed by atoms with E-state index in [-0.39, 0.29) is 35.9 Å². The third kappa shape index (κ3) is 7.84. The van der Waals surface area contributed by atoms with E-state index in [9.17, 15) is 4.79 Å². The number of carbonyl (C=O) groups excluding carboxylic acids is 1. The molecule has 0 spiro atoms. The van der Waals surface area contributed by atoms with Crippen LogP contribution in [0.2, 0.25) is 5.02 Å². The topological polar surface area (TPSA) is 62.7 Å². The average Bonchev–Trinajstić information content (AvgIpc) is 2.49. The van der Waals surface area contributed by atoms with Crippen molar-refractivity contribution in [1.82, 2.24) is 10.6 Å². The number of nitrogens with one attached hydrogen (secondary N) is 2. The Labute approximate surface area is 153 Å². The minimum atomic E-state index is -0.242. The van der Waals surface area contributed by atoms with E-state index in [2.05, 4.69) is 15.6 Å². The van der Waals surface area contributed by atoms with E-state index in [4.69, 9.17) is 16.3 Å². The maximum absolute atomic E-state index is 11.4. The first-order valence-corrected chi connectivity index (χ1v) is 7.29. The molecule has 22 heavy (non-hydrogen) atoms. The molecule has 1 unspecified atom stereocenters. The van der Waals surface area contributed by atoms with Crippen LogP contribution in [0.3, 0.4) is 0 Å². The summed E-state index contributed by atoms with van der Waals surface area (Å²) in [5.74, 6) is 0.187. The second-order valence-electron chi connectivity index (χ2n) is 4.63. The van der Waals surface area contributed by atoms with E-state index >= 15 is 0 Å². The number of nitrogens with zero attached hydrogens (tertiary/aromatic N) is 1. The van der Waals surface area contributed by atoms with Gasteiger partial charge in [-0.25, -0.2) is 4.99 Å². The van der Waals surface area contributed by atoms with Gasteiger partial charge in [0.05, 0.1) is 19.6 Å². The highest BCUT2D eigenvalue weighted by Gasteiger charge is 2.13. The summed E-state index contributed by atoms with van der Waals surface area (Å²) in [6.45, 7) is 5.52. The summed E-state index contributed by atoms with van der Waals surface area (Å²) >= 11 is 5.94. The van der Waals surface area contributed by atoms with E-state index in [1.807, 2.05) is 31.2 Å². The third-order valence-electron chi connectivity index (χ3n) is 2.83. The summed E-state index contributed by atoms with van der Waals surface area (Å²) in [7, 11) is 1.39. The third-order valence-corrected chi connectivity index (χ3v) is 3.07. The van der Waals surface area contributed by atoms with Crippen molar-refractivity contribution in [3.05, 3.63) is 34.9 Å². The van der Waals surface area contributed by atoms with E-state index in [1.54, 1.807) is 6.92 Å². The molecule has 0 fully saturated rings. The van der Waals surface area contributed by atoms with Crippen molar-refractivity contribution >= 4 is 47.5 Å². The van der Waals surface area contributed by atoms with Crippen LogP contribution in [0.15, 0.2) is 29.3 Å². The molecule has 1 aromatic carbocycles. The zero-order valence-corrected chi connectivity index (χ0v) is 16.1. The fraction of sp³-hybridized carbons (Fsp3) is 0.467. The molecule has 124 valence electrons. The summed E-state index contributed by atoms with van der Waals surface area (Å²) in [6, 6.07) is 7.57. The molecule has 0 aliphatic heterocycles. The predicted molar refractivity (Wildman–Crippen MR) is 101 cm³/mol. The monoisotopic (exact) mass is 439 g/mol. The minimum absolute atomic E-state index is 0. The zero-order chi connectivity index (χ0) is 15.7. The van der Waals surface area contributed by atoms with Crippen molar-refractivity contribution in [3.8, 4) is 0 Å². The van der Waals surface area contributed by atoms with Gasteiger partial charge in [0.1, 0.15) is 0 Å². The number of hydrogen-bond donors (Lipinski definition) is 2. The quantitative estimate of drug-likeness (QED) is 0.310. The molecule has 7 heteroatoms. The van der Waals surface area contributed by atoms with Gasteiger partial charge in [0.25, 0.3) is 0 Å². The van der Waals surface area contributed by atoms with Crippen molar-refractivity contribution in [1.29, 1.82) is 0 Å².